The molecule has 0 aliphatic carbocycles. The van der Waals surface area contributed by atoms with E-state index < -0.39 is 11.9 Å². The Balaban J connectivity index is 2.22. The summed E-state index contributed by atoms with van der Waals surface area (Å²) in [6.07, 6.45) is -3.23. The van der Waals surface area contributed by atoms with Crippen LogP contribution in [0.5, 0.6) is 0 Å². The lowest BCUT2D eigenvalue weighted by atomic mass is 10.1. The number of nitriles is 1. The third-order valence-electron chi connectivity index (χ3n) is 2.45. The van der Waals surface area contributed by atoms with E-state index in [4.69, 9.17) is 16.9 Å². The zero-order chi connectivity index (χ0) is 14.0. The van der Waals surface area contributed by atoms with Crippen LogP contribution in [0.1, 0.15) is 16.8 Å². The summed E-state index contributed by atoms with van der Waals surface area (Å²) in [5.74, 6) is 0. The Morgan fingerprint density at radius 2 is 2.05 bits per heavy atom. The minimum Gasteiger partial charge on any atom is -0.268 e. The van der Waals surface area contributed by atoms with Crippen LogP contribution in [-0.4, -0.2) is 9.78 Å². The van der Waals surface area contributed by atoms with E-state index in [1.165, 1.54) is 12.3 Å². The van der Waals surface area contributed by atoms with E-state index in [9.17, 15) is 13.2 Å². The largest absolute Gasteiger partial charge is 0.435 e. The van der Waals surface area contributed by atoms with Crippen molar-refractivity contribution in [3.05, 3.63) is 52.3 Å². The lowest BCUT2D eigenvalue weighted by molar-refractivity contribution is -0.141. The monoisotopic (exact) mass is 285 g/mol. The molecule has 0 fully saturated rings. The van der Waals surface area contributed by atoms with Crippen LogP contribution in [0.3, 0.4) is 0 Å². The van der Waals surface area contributed by atoms with Crippen LogP contribution in [0, 0.1) is 11.3 Å². The molecule has 0 saturated carbocycles. The van der Waals surface area contributed by atoms with Gasteiger partial charge >= 0.3 is 6.18 Å². The van der Waals surface area contributed by atoms with Crippen molar-refractivity contribution in [1.82, 2.24) is 9.78 Å². The first-order chi connectivity index (χ1) is 8.90. The zero-order valence-electron chi connectivity index (χ0n) is 9.45. The molecule has 1 aromatic carbocycles. The molecule has 98 valence electrons. The number of aromatic nitrogens is 2. The van der Waals surface area contributed by atoms with Gasteiger partial charge in [-0.1, -0.05) is 17.7 Å². The van der Waals surface area contributed by atoms with Gasteiger partial charge in [0.1, 0.15) is 0 Å². The maximum atomic E-state index is 12.4. The average molecular weight is 286 g/mol. The zero-order valence-corrected chi connectivity index (χ0v) is 10.2. The molecular weight excluding hydrogens is 279 g/mol. The van der Waals surface area contributed by atoms with Crippen molar-refractivity contribution in [2.45, 2.75) is 12.7 Å². The molecule has 2 rings (SSSR count). The van der Waals surface area contributed by atoms with E-state index in [0.29, 0.717) is 16.1 Å². The van der Waals surface area contributed by atoms with Gasteiger partial charge in [0.15, 0.2) is 5.69 Å². The molecule has 0 aliphatic heterocycles. The van der Waals surface area contributed by atoms with Gasteiger partial charge in [-0.3, -0.25) is 4.68 Å². The normalized spacial score (nSPS) is 11.3. The van der Waals surface area contributed by atoms with E-state index >= 15 is 0 Å². The van der Waals surface area contributed by atoms with Gasteiger partial charge in [0.2, 0.25) is 0 Å². The molecule has 1 aromatic heterocycles. The first-order valence-electron chi connectivity index (χ1n) is 5.19. The van der Waals surface area contributed by atoms with Crippen LogP contribution in [0.15, 0.2) is 30.5 Å². The fourth-order valence-corrected chi connectivity index (χ4v) is 1.76. The average Bonchev–Trinajstić information content (AvgIpc) is 2.80. The van der Waals surface area contributed by atoms with Gasteiger partial charge in [-0.2, -0.15) is 23.5 Å². The number of hydrogen-bond acceptors (Lipinski definition) is 2. The fraction of sp³-hybridized carbons (Fsp3) is 0.167. The predicted molar refractivity (Wildman–Crippen MR) is 62.5 cm³/mol. The Morgan fingerprint density at radius 1 is 1.32 bits per heavy atom. The van der Waals surface area contributed by atoms with E-state index in [-0.39, 0.29) is 6.54 Å². The molecule has 0 amide bonds. The maximum absolute atomic E-state index is 12.4. The van der Waals surface area contributed by atoms with Gasteiger partial charge < -0.3 is 0 Å². The molecule has 0 N–H and O–H groups in total. The first kappa shape index (κ1) is 13.4. The third-order valence-corrected chi connectivity index (χ3v) is 2.80. The molecule has 1 heterocycles. The summed E-state index contributed by atoms with van der Waals surface area (Å²) in [7, 11) is 0. The molecule has 0 aliphatic rings. The minimum absolute atomic E-state index is 0.112. The van der Waals surface area contributed by atoms with Crippen LogP contribution < -0.4 is 0 Å². The molecule has 2 aromatic rings. The fourth-order valence-electron chi connectivity index (χ4n) is 1.52. The third kappa shape index (κ3) is 3.06. The standard InChI is InChI=1S/C12H7ClF3N3/c13-10-5-8(6-17)1-2-9(10)7-19-4-3-11(18-19)12(14,15)16/h1-5H,7H2. The molecule has 0 radical (unpaired) electrons. The van der Waals surface area contributed by atoms with Gasteiger partial charge in [0, 0.05) is 11.2 Å². The second-order valence-electron chi connectivity index (χ2n) is 3.81. The molecule has 0 saturated heterocycles. The summed E-state index contributed by atoms with van der Waals surface area (Å²) >= 11 is 5.94. The highest BCUT2D eigenvalue weighted by Crippen LogP contribution is 2.27. The van der Waals surface area contributed by atoms with Crippen molar-refractivity contribution in [3.63, 3.8) is 0 Å². The highest BCUT2D eigenvalue weighted by atomic mass is 35.5. The van der Waals surface area contributed by atoms with E-state index in [0.717, 1.165) is 10.7 Å². The quantitative estimate of drug-likeness (QED) is 0.848. The molecule has 0 unspecified atom stereocenters. The number of benzene rings is 1. The molecule has 0 bridgehead atoms. The maximum Gasteiger partial charge on any atom is 0.435 e. The summed E-state index contributed by atoms with van der Waals surface area (Å²) < 4.78 is 38.3. The Bertz CT molecular complexity index is 640. The number of halogens is 4. The molecule has 19 heavy (non-hydrogen) atoms. The molecule has 7 heteroatoms. The van der Waals surface area contributed by atoms with Gasteiger partial charge in [-0.05, 0) is 23.8 Å². The van der Waals surface area contributed by atoms with Crippen molar-refractivity contribution >= 4 is 11.6 Å². The van der Waals surface area contributed by atoms with Crippen molar-refractivity contribution in [1.29, 1.82) is 5.26 Å². The Kier molecular flexibility index (Phi) is 3.49. The van der Waals surface area contributed by atoms with Gasteiger partial charge in [0.05, 0.1) is 18.2 Å². The Labute approximate surface area is 111 Å². The second kappa shape index (κ2) is 4.94. The van der Waals surface area contributed by atoms with Crippen molar-refractivity contribution < 1.29 is 13.2 Å². The summed E-state index contributed by atoms with van der Waals surface area (Å²) in [6, 6.07) is 7.44. The number of alkyl halides is 3. The Morgan fingerprint density at radius 3 is 2.58 bits per heavy atom. The van der Waals surface area contributed by atoms with E-state index in [2.05, 4.69) is 5.10 Å². The lowest BCUT2D eigenvalue weighted by Crippen LogP contribution is -2.08. The SMILES string of the molecule is N#Cc1ccc(Cn2ccc(C(F)(F)F)n2)c(Cl)c1. The summed E-state index contributed by atoms with van der Waals surface area (Å²) in [6.45, 7) is 0.112. The smallest absolute Gasteiger partial charge is 0.268 e. The Hall–Kier alpha value is -2.00. The number of rotatable bonds is 2. The molecular formula is C12H7ClF3N3. The topological polar surface area (TPSA) is 41.6 Å². The van der Waals surface area contributed by atoms with E-state index in [1.807, 2.05) is 6.07 Å². The van der Waals surface area contributed by atoms with Crippen molar-refractivity contribution in [2.75, 3.05) is 0 Å². The van der Waals surface area contributed by atoms with Crippen molar-refractivity contribution in [2.24, 2.45) is 0 Å². The second-order valence-corrected chi connectivity index (χ2v) is 4.22. The first-order valence-corrected chi connectivity index (χ1v) is 5.57. The summed E-state index contributed by atoms with van der Waals surface area (Å²) in [5.41, 5.74) is 0.0416. The van der Waals surface area contributed by atoms with Crippen molar-refractivity contribution in [3.8, 4) is 6.07 Å². The predicted octanol–water partition coefficient (Wildman–Crippen LogP) is 3.48. The minimum atomic E-state index is -4.46. The van der Waals surface area contributed by atoms with Gasteiger partial charge in [0.25, 0.3) is 0 Å². The van der Waals surface area contributed by atoms with Crippen LogP contribution >= 0.6 is 11.6 Å². The highest BCUT2D eigenvalue weighted by molar-refractivity contribution is 6.31. The molecule has 3 nitrogen and oxygen atoms in total. The van der Waals surface area contributed by atoms with Gasteiger partial charge in [-0.25, -0.2) is 0 Å². The van der Waals surface area contributed by atoms with Crippen LogP contribution in [0.2, 0.25) is 5.02 Å². The summed E-state index contributed by atoms with van der Waals surface area (Å²) in [5, 5.41) is 12.4. The van der Waals surface area contributed by atoms with Crippen LogP contribution in [-0.2, 0) is 12.7 Å². The van der Waals surface area contributed by atoms with Crippen LogP contribution in [0.4, 0.5) is 13.2 Å². The molecule has 0 spiro atoms. The molecule has 0 atom stereocenters. The summed E-state index contributed by atoms with van der Waals surface area (Å²) in [4.78, 5) is 0. The number of nitrogens with zero attached hydrogens (tertiary/aromatic N) is 3. The van der Waals surface area contributed by atoms with Gasteiger partial charge in [-0.15, -0.1) is 0 Å². The number of hydrogen-bond donors (Lipinski definition) is 0. The van der Waals surface area contributed by atoms with Crippen LogP contribution in [0.25, 0.3) is 0 Å². The lowest BCUT2D eigenvalue weighted by Gasteiger charge is -2.05. The highest BCUT2D eigenvalue weighted by Gasteiger charge is 2.33. The van der Waals surface area contributed by atoms with E-state index in [1.54, 1.807) is 12.1 Å².